The van der Waals surface area contributed by atoms with Gasteiger partial charge in [0.05, 0.1) is 23.1 Å². The molecular formula is C21H26N4. The first-order chi connectivity index (χ1) is 12.1. The van der Waals surface area contributed by atoms with Gasteiger partial charge < -0.3 is 10.3 Å². The zero-order chi connectivity index (χ0) is 17.3. The lowest BCUT2D eigenvalue weighted by atomic mass is 9.75. The number of H-pyrrole nitrogens is 1. The van der Waals surface area contributed by atoms with Crippen LogP contribution in [0.4, 0.5) is 0 Å². The van der Waals surface area contributed by atoms with Crippen LogP contribution in [0.1, 0.15) is 45.2 Å². The Morgan fingerprint density at radius 1 is 1.08 bits per heavy atom. The zero-order valence-corrected chi connectivity index (χ0v) is 15.0. The van der Waals surface area contributed by atoms with Crippen LogP contribution in [0.3, 0.4) is 0 Å². The molecule has 4 nitrogen and oxygen atoms in total. The van der Waals surface area contributed by atoms with Crippen LogP contribution in [0.15, 0.2) is 42.9 Å². The van der Waals surface area contributed by atoms with Crippen molar-refractivity contribution in [2.45, 2.75) is 52.1 Å². The highest BCUT2D eigenvalue weighted by Crippen LogP contribution is 2.35. The van der Waals surface area contributed by atoms with E-state index in [0.29, 0.717) is 11.5 Å². The fourth-order valence-electron chi connectivity index (χ4n) is 3.67. The van der Waals surface area contributed by atoms with E-state index in [0.717, 1.165) is 28.8 Å². The van der Waals surface area contributed by atoms with Crippen molar-refractivity contribution in [3.8, 4) is 11.1 Å². The number of fused-ring (bicyclic) bond motifs is 1. The van der Waals surface area contributed by atoms with E-state index in [1.54, 1.807) is 6.33 Å². The number of rotatable bonds is 4. The van der Waals surface area contributed by atoms with Gasteiger partial charge in [0, 0.05) is 24.3 Å². The lowest BCUT2D eigenvalue weighted by Gasteiger charge is -2.34. The van der Waals surface area contributed by atoms with Crippen LogP contribution in [-0.2, 0) is 6.54 Å². The maximum Gasteiger partial charge on any atom is 0.0931 e. The number of hydrogen-bond donors (Lipinski definition) is 2. The summed E-state index contributed by atoms with van der Waals surface area (Å²) in [5.74, 6) is 0. The van der Waals surface area contributed by atoms with E-state index in [9.17, 15) is 0 Å². The number of aromatic amines is 1. The Balaban J connectivity index is 1.38. The van der Waals surface area contributed by atoms with Gasteiger partial charge >= 0.3 is 0 Å². The number of hydrogen-bond acceptors (Lipinski definition) is 3. The molecule has 0 atom stereocenters. The van der Waals surface area contributed by atoms with E-state index in [1.807, 2.05) is 12.3 Å². The van der Waals surface area contributed by atoms with Crippen molar-refractivity contribution in [2.75, 3.05) is 0 Å². The minimum Gasteiger partial charge on any atom is -0.345 e. The summed E-state index contributed by atoms with van der Waals surface area (Å²) in [6.45, 7) is 5.61. The molecule has 2 aromatic heterocycles. The zero-order valence-electron chi connectivity index (χ0n) is 15.0. The van der Waals surface area contributed by atoms with Crippen LogP contribution in [0.25, 0.3) is 22.2 Å². The van der Waals surface area contributed by atoms with Crippen LogP contribution in [0, 0.1) is 5.41 Å². The third-order valence-corrected chi connectivity index (χ3v) is 5.49. The Bertz CT molecular complexity index is 838. The Hall–Kier alpha value is -2.20. The summed E-state index contributed by atoms with van der Waals surface area (Å²) in [7, 11) is 0. The summed E-state index contributed by atoms with van der Waals surface area (Å²) in [6, 6.07) is 11.2. The minimum absolute atomic E-state index is 0.522. The molecule has 3 aromatic rings. The van der Waals surface area contributed by atoms with Crippen LogP contribution in [0.2, 0.25) is 0 Å². The number of imidazole rings is 1. The van der Waals surface area contributed by atoms with Gasteiger partial charge in [-0.05, 0) is 54.9 Å². The number of pyridine rings is 1. The maximum atomic E-state index is 4.65. The molecule has 1 aliphatic carbocycles. The molecule has 2 heterocycles. The van der Waals surface area contributed by atoms with E-state index in [1.165, 1.54) is 31.2 Å². The molecule has 0 aliphatic heterocycles. The molecule has 4 rings (SSSR count). The molecule has 130 valence electrons. The molecule has 2 N–H and O–H groups in total. The molecule has 0 spiro atoms. The first-order valence-corrected chi connectivity index (χ1v) is 9.21. The normalized spacial score (nSPS) is 17.8. The monoisotopic (exact) mass is 334 g/mol. The molecular weight excluding hydrogens is 308 g/mol. The number of benzene rings is 1. The second-order valence-corrected chi connectivity index (χ2v) is 7.99. The summed E-state index contributed by atoms with van der Waals surface area (Å²) in [5, 5.41) is 3.68. The Labute approximate surface area is 149 Å². The maximum absolute atomic E-state index is 4.65. The molecule has 0 radical (unpaired) electrons. The van der Waals surface area contributed by atoms with Gasteiger partial charge in [0.1, 0.15) is 0 Å². The van der Waals surface area contributed by atoms with E-state index >= 15 is 0 Å². The topological polar surface area (TPSA) is 53.6 Å². The summed E-state index contributed by atoms with van der Waals surface area (Å²) in [4.78, 5) is 12.1. The second-order valence-electron chi connectivity index (χ2n) is 7.99. The van der Waals surface area contributed by atoms with Crippen molar-refractivity contribution in [1.29, 1.82) is 0 Å². The summed E-state index contributed by atoms with van der Waals surface area (Å²) in [6.07, 6.45) is 8.87. The molecule has 25 heavy (non-hydrogen) atoms. The molecule has 1 saturated carbocycles. The van der Waals surface area contributed by atoms with Gasteiger partial charge in [-0.25, -0.2) is 4.98 Å². The SMILES string of the molecule is CC1(C)CCC(NCc2ccc(-c3ccc4nc[nH]c4c3)cn2)CC1. The fraction of sp³-hybridized carbons (Fsp3) is 0.429. The van der Waals surface area contributed by atoms with E-state index < -0.39 is 0 Å². The van der Waals surface area contributed by atoms with Gasteiger partial charge in [0.25, 0.3) is 0 Å². The number of aromatic nitrogens is 3. The highest BCUT2D eigenvalue weighted by Gasteiger charge is 2.26. The molecule has 0 amide bonds. The molecule has 1 aromatic carbocycles. The first kappa shape index (κ1) is 16.3. The fourth-order valence-corrected chi connectivity index (χ4v) is 3.67. The van der Waals surface area contributed by atoms with E-state index in [2.05, 4.69) is 58.4 Å². The Kier molecular flexibility index (Phi) is 4.30. The van der Waals surface area contributed by atoms with Crippen molar-refractivity contribution >= 4 is 11.0 Å². The third-order valence-electron chi connectivity index (χ3n) is 5.49. The van der Waals surface area contributed by atoms with Gasteiger partial charge in [0.15, 0.2) is 0 Å². The van der Waals surface area contributed by atoms with Crippen molar-refractivity contribution in [3.05, 3.63) is 48.5 Å². The lowest BCUT2D eigenvalue weighted by Crippen LogP contribution is -2.35. The molecule has 1 fully saturated rings. The average Bonchev–Trinajstić information content (AvgIpc) is 3.09. The Morgan fingerprint density at radius 3 is 2.64 bits per heavy atom. The molecule has 4 heteroatoms. The quantitative estimate of drug-likeness (QED) is 0.728. The summed E-state index contributed by atoms with van der Waals surface area (Å²) >= 11 is 0. The molecule has 0 bridgehead atoms. The third kappa shape index (κ3) is 3.74. The molecule has 0 saturated heterocycles. The standard InChI is InChI=1S/C21H26N4/c1-21(2)9-7-17(8-10-21)23-13-18-5-3-16(12-22-18)15-4-6-19-20(11-15)25-14-24-19/h3-6,11-12,14,17,23H,7-10,13H2,1-2H3,(H,24,25). The van der Waals surface area contributed by atoms with Gasteiger partial charge in [-0.1, -0.05) is 26.0 Å². The number of nitrogens with one attached hydrogen (secondary N) is 2. The van der Waals surface area contributed by atoms with E-state index in [-0.39, 0.29) is 0 Å². The van der Waals surface area contributed by atoms with Crippen molar-refractivity contribution in [1.82, 2.24) is 20.3 Å². The van der Waals surface area contributed by atoms with Crippen LogP contribution < -0.4 is 5.32 Å². The average molecular weight is 334 g/mol. The molecule has 1 aliphatic rings. The van der Waals surface area contributed by atoms with Gasteiger partial charge in [-0.15, -0.1) is 0 Å². The van der Waals surface area contributed by atoms with Crippen LogP contribution in [-0.4, -0.2) is 21.0 Å². The van der Waals surface area contributed by atoms with Crippen LogP contribution in [0.5, 0.6) is 0 Å². The first-order valence-electron chi connectivity index (χ1n) is 9.21. The second kappa shape index (κ2) is 6.60. The highest BCUT2D eigenvalue weighted by atomic mass is 14.9. The van der Waals surface area contributed by atoms with Crippen LogP contribution >= 0.6 is 0 Å². The largest absolute Gasteiger partial charge is 0.345 e. The van der Waals surface area contributed by atoms with Gasteiger partial charge in [0.2, 0.25) is 0 Å². The van der Waals surface area contributed by atoms with Crippen molar-refractivity contribution < 1.29 is 0 Å². The molecule has 0 unspecified atom stereocenters. The van der Waals surface area contributed by atoms with Gasteiger partial charge in [-0.3, -0.25) is 4.98 Å². The summed E-state index contributed by atoms with van der Waals surface area (Å²) in [5.41, 5.74) is 5.99. The van der Waals surface area contributed by atoms with Gasteiger partial charge in [-0.2, -0.15) is 0 Å². The smallest absolute Gasteiger partial charge is 0.0931 e. The van der Waals surface area contributed by atoms with Crippen molar-refractivity contribution in [3.63, 3.8) is 0 Å². The van der Waals surface area contributed by atoms with E-state index in [4.69, 9.17) is 0 Å². The minimum atomic E-state index is 0.522. The predicted molar refractivity (Wildman–Crippen MR) is 102 cm³/mol. The Morgan fingerprint density at radius 2 is 1.88 bits per heavy atom. The predicted octanol–water partition coefficient (Wildman–Crippen LogP) is 4.68. The van der Waals surface area contributed by atoms with Crippen molar-refractivity contribution in [2.24, 2.45) is 5.41 Å². The number of nitrogens with zero attached hydrogens (tertiary/aromatic N) is 2. The lowest BCUT2D eigenvalue weighted by molar-refractivity contribution is 0.205. The summed E-state index contributed by atoms with van der Waals surface area (Å²) < 4.78 is 0. The highest BCUT2D eigenvalue weighted by molar-refractivity contribution is 5.81.